The van der Waals surface area contributed by atoms with Gasteiger partial charge in [-0.25, -0.2) is 19.7 Å². The Labute approximate surface area is 273 Å². The Hall–Kier alpha value is -4.70. The van der Waals surface area contributed by atoms with Gasteiger partial charge in [-0.1, -0.05) is 28.8 Å². The summed E-state index contributed by atoms with van der Waals surface area (Å²) < 4.78 is 24.5. The SMILES string of the molecule is [N-]=[N+]=NC1C(C(=O)O)OC(n2cnc3c(NCc4cc(Cl)ccc4OCc4cccc(OCCN5CCOCC5)c4)ncnc32)C1O. The molecule has 2 aromatic heterocycles. The minimum atomic E-state index is -1.54. The van der Waals surface area contributed by atoms with Crippen molar-refractivity contribution < 1.29 is 34.0 Å². The Morgan fingerprint density at radius 1 is 1.17 bits per heavy atom. The predicted octanol–water partition coefficient (Wildman–Crippen LogP) is 3.40. The van der Waals surface area contributed by atoms with Gasteiger partial charge in [0.05, 0.1) is 19.5 Å². The van der Waals surface area contributed by atoms with Crippen molar-refractivity contribution >= 4 is 34.6 Å². The lowest BCUT2D eigenvalue weighted by molar-refractivity contribution is -0.152. The van der Waals surface area contributed by atoms with Gasteiger partial charge in [0.15, 0.2) is 29.3 Å². The number of morpholine rings is 1. The molecule has 246 valence electrons. The average molecular weight is 666 g/mol. The van der Waals surface area contributed by atoms with E-state index in [1.807, 2.05) is 24.3 Å². The number of nitrogens with one attached hydrogen (secondary N) is 1. The molecular formula is C30H32ClN9O7. The first-order valence-corrected chi connectivity index (χ1v) is 15.2. The van der Waals surface area contributed by atoms with Crippen LogP contribution in [0.25, 0.3) is 21.6 Å². The third-order valence-corrected chi connectivity index (χ3v) is 8.08. The van der Waals surface area contributed by atoms with Crippen LogP contribution in [0, 0.1) is 0 Å². The zero-order chi connectivity index (χ0) is 32.8. The molecule has 2 saturated heterocycles. The lowest BCUT2D eigenvalue weighted by atomic mass is 10.1. The Kier molecular flexibility index (Phi) is 10.2. The number of nitrogens with zero attached hydrogens (tertiary/aromatic N) is 8. The number of carboxylic acid groups (broad SMARTS) is 1. The quantitative estimate of drug-likeness (QED) is 0.107. The topological polar surface area (TPSA) is 202 Å². The molecule has 4 unspecified atom stereocenters. The van der Waals surface area contributed by atoms with Crippen molar-refractivity contribution in [2.45, 2.75) is 37.6 Å². The van der Waals surface area contributed by atoms with Gasteiger partial charge >= 0.3 is 5.97 Å². The zero-order valence-electron chi connectivity index (χ0n) is 25.1. The molecular weight excluding hydrogens is 634 g/mol. The number of carboxylic acids is 1. The average Bonchev–Trinajstić information content (AvgIpc) is 3.65. The largest absolute Gasteiger partial charge is 0.492 e. The van der Waals surface area contributed by atoms with E-state index in [1.54, 1.807) is 18.2 Å². The molecule has 2 aliphatic heterocycles. The Balaban J connectivity index is 1.11. The summed E-state index contributed by atoms with van der Waals surface area (Å²) in [6.07, 6.45) is -1.55. The third kappa shape index (κ3) is 7.49. The summed E-state index contributed by atoms with van der Waals surface area (Å²) in [6.45, 7) is 5.32. The van der Waals surface area contributed by atoms with Gasteiger partial charge in [-0.15, -0.1) is 0 Å². The van der Waals surface area contributed by atoms with E-state index in [-0.39, 0.29) is 12.2 Å². The lowest BCUT2D eigenvalue weighted by Crippen LogP contribution is -2.38. The maximum atomic E-state index is 11.7. The summed E-state index contributed by atoms with van der Waals surface area (Å²) >= 11 is 6.33. The molecule has 4 atom stereocenters. The highest BCUT2D eigenvalue weighted by atomic mass is 35.5. The van der Waals surface area contributed by atoms with Crippen molar-refractivity contribution in [3.8, 4) is 11.5 Å². The van der Waals surface area contributed by atoms with E-state index < -0.39 is 30.4 Å². The Bertz CT molecular complexity index is 1760. The standard InChI is InChI=1S/C30H32ClN9O7/c31-20-4-5-22(46-15-18-2-1-3-21(12-18)45-11-8-39-6-9-44-10-7-39)19(13-20)14-33-27-24-28(35-16-34-27)40(17-36-24)29-25(41)23(37-38-32)26(47-29)30(42)43/h1-5,12-13,16-17,23,25-26,29,41H,6-11,14-15H2,(H,42,43)(H,33,34,35). The number of aromatic nitrogens is 4. The number of hydrogen-bond donors (Lipinski definition) is 3. The van der Waals surface area contributed by atoms with E-state index in [0.717, 1.165) is 49.7 Å². The molecule has 2 aromatic carbocycles. The smallest absolute Gasteiger partial charge is 0.333 e. The molecule has 17 heteroatoms. The van der Waals surface area contributed by atoms with Crippen LogP contribution in [-0.4, -0.2) is 98.3 Å². The predicted molar refractivity (Wildman–Crippen MR) is 168 cm³/mol. The number of rotatable bonds is 13. The minimum Gasteiger partial charge on any atom is -0.492 e. The van der Waals surface area contributed by atoms with Crippen molar-refractivity contribution in [3.05, 3.63) is 81.7 Å². The molecule has 0 spiro atoms. The number of aliphatic carboxylic acids is 1. The number of imidazole rings is 1. The number of hydrogen-bond acceptors (Lipinski definition) is 12. The van der Waals surface area contributed by atoms with Gasteiger partial charge in [0.1, 0.15) is 43.2 Å². The van der Waals surface area contributed by atoms with Gasteiger partial charge in [-0.3, -0.25) is 9.47 Å². The van der Waals surface area contributed by atoms with Gasteiger partial charge in [0, 0.05) is 41.7 Å². The molecule has 2 fully saturated rings. The number of carbonyl (C=O) groups is 1. The molecule has 0 saturated carbocycles. The lowest BCUT2D eigenvalue weighted by Gasteiger charge is -2.26. The maximum absolute atomic E-state index is 11.7. The number of azide groups is 1. The monoisotopic (exact) mass is 665 g/mol. The number of halogens is 1. The second-order valence-corrected chi connectivity index (χ2v) is 11.3. The van der Waals surface area contributed by atoms with Crippen LogP contribution in [0.15, 0.2) is 60.2 Å². The van der Waals surface area contributed by atoms with Crippen LogP contribution in [0.2, 0.25) is 5.02 Å². The van der Waals surface area contributed by atoms with Crippen molar-refractivity contribution in [2.75, 3.05) is 44.8 Å². The van der Waals surface area contributed by atoms with Crippen LogP contribution in [0.4, 0.5) is 5.82 Å². The summed E-state index contributed by atoms with van der Waals surface area (Å²) in [5.41, 5.74) is 11.2. The number of fused-ring (bicyclic) bond motifs is 1. The molecule has 0 radical (unpaired) electrons. The first-order chi connectivity index (χ1) is 22.9. The molecule has 4 aromatic rings. The molecule has 0 bridgehead atoms. The van der Waals surface area contributed by atoms with Gasteiger partial charge in [-0.05, 0) is 41.4 Å². The number of benzene rings is 2. The van der Waals surface area contributed by atoms with Gasteiger partial charge < -0.3 is 34.5 Å². The maximum Gasteiger partial charge on any atom is 0.333 e. The molecule has 0 amide bonds. The summed E-state index contributed by atoms with van der Waals surface area (Å²) in [4.78, 5) is 29.6. The van der Waals surface area contributed by atoms with E-state index in [2.05, 4.69) is 35.2 Å². The fourth-order valence-corrected chi connectivity index (χ4v) is 5.65. The third-order valence-electron chi connectivity index (χ3n) is 7.84. The second-order valence-electron chi connectivity index (χ2n) is 10.9. The number of ether oxygens (including phenoxy) is 4. The zero-order valence-corrected chi connectivity index (χ0v) is 25.8. The van der Waals surface area contributed by atoms with Crippen LogP contribution in [-0.2, 0) is 27.4 Å². The van der Waals surface area contributed by atoms with Gasteiger partial charge in [-0.2, -0.15) is 0 Å². The normalized spacial score (nSPS) is 21.3. The summed E-state index contributed by atoms with van der Waals surface area (Å²) in [5.74, 6) is 0.385. The Morgan fingerprint density at radius 2 is 2.02 bits per heavy atom. The van der Waals surface area contributed by atoms with Gasteiger partial charge in [0.2, 0.25) is 0 Å². The number of aliphatic hydroxyl groups is 1. The second kappa shape index (κ2) is 14.8. The van der Waals surface area contributed by atoms with Crippen molar-refractivity contribution in [1.82, 2.24) is 24.4 Å². The number of anilines is 1. The molecule has 47 heavy (non-hydrogen) atoms. The van der Waals surface area contributed by atoms with E-state index in [4.69, 9.17) is 36.1 Å². The molecule has 2 aliphatic rings. The Morgan fingerprint density at radius 3 is 2.83 bits per heavy atom. The fraction of sp³-hybridized carbons (Fsp3) is 0.400. The van der Waals surface area contributed by atoms with Crippen LogP contribution < -0.4 is 14.8 Å². The molecule has 3 N–H and O–H groups in total. The first-order valence-electron chi connectivity index (χ1n) is 14.9. The highest BCUT2D eigenvalue weighted by molar-refractivity contribution is 6.30. The van der Waals surface area contributed by atoms with E-state index >= 15 is 0 Å². The van der Waals surface area contributed by atoms with E-state index in [9.17, 15) is 15.0 Å². The summed E-state index contributed by atoms with van der Waals surface area (Å²) in [6, 6.07) is 11.8. The van der Waals surface area contributed by atoms with Crippen molar-refractivity contribution in [2.24, 2.45) is 5.11 Å². The highest BCUT2D eigenvalue weighted by Crippen LogP contribution is 2.34. The van der Waals surface area contributed by atoms with Crippen LogP contribution in [0.5, 0.6) is 11.5 Å². The first kappa shape index (κ1) is 32.2. The highest BCUT2D eigenvalue weighted by Gasteiger charge is 2.48. The van der Waals surface area contributed by atoms with Gasteiger partial charge in [0.25, 0.3) is 0 Å². The molecule has 0 aliphatic carbocycles. The molecule has 4 heterocycles. The molecule has 16 nitrogen and oxygen atoms in total. The van der Waals surface area contributed by atoms with Crippen molar-refractivity contribution in [3.63, 3.8) is 0 Å². The summed E-state index contributed by atoms with van der Waals surface area (Å²) in [5, 5.41) is 27.4. The van der Waals surface area contributed by atoms with E-state index in [1.165, 1.54) is 17.2 Å². The fourth-order valence-electron chi connectivity index (χ4n) is 5.46. The molecule has 6 rings (SSSR count). The number of aliphatic hydroxyl groups excluding tert-OH is 1. The minimum absolute atomic E-state index is 0.266. The van der Waals surface area contributed by atoms with Crippen molar-refractivity contribution in [1.29, 1.82) is 0 Å². The van der Waals surface area contributed by atoms with Crippen LogP contribution in [0.3, 0.4) is 0 Å². The summed E-state index contributed by atoms with van der Waals surface area (Å²) in [7, 11) is 0. The van der Waals surface area contributed by atoms with Crippen LogP contribution in [0.1, 0.15) is 17.4 Å². The van der Waals surface area contributed by atoms with E-state index in [0.29, 0.717) is 35.3 Å². The van der Waals surface area contributed by atoms with Crippen LogP contribution >= 0.6 is 11.6 Å².